The molecule has 2 N–H and O–H groups in total. The molecule has 3 aromatic carbocycles. The monoisotopic (exact) mass is 468 g/mol. The molecule has 0 unspecified atom stereocenters. The van der Waals surface area contributed by atoms with E-state index in [1.165, 1.54) is 11.8 Å². The number of carbonyl (C=O) groups excluding carboxylic acids is 2. The Morgan fingerprint density at radius 1 is 0.938 bits per heavy atom. The van der Waals surface area contributed by atoms with Crippen LogP contribution >= 0.6 is 23.4 Å². The fourth-order valence-corrected chi connectivity index (χ4v) is 3.76. The van der Waals surface area contributed by atoms with Crippen molar-refractivity contribution in [2.75, 3.05) is 23.0 Å². The van der Waals surface area contributed by atoms with Crippen molar-refractivity contribution in [3.8, 4) is 5.75 Å². The van der Waals surface area contributed by atoms with Crippen LogP contribution in [0.25, 0.3) is 0 Å². The highest BCUT2D eigenvalue weighted by atomic mass is 35.5. The summed E-state index contributed by atoms with van der Waals surface area (Å²) in [4.78, 5) is 25.6. The number of hydrogen-bond donors (Lipinski definition) is 2. The molecule has 0 aliphatic rings. The molecule has 0 fully saturated rings. The molecule has 0 saturated heterocycles. The van der Waals surface area contributed by atoms with Gasteiger partial charge in [-0.25, -0.2) is 0 Å². The van der Waals surface area contributed by atoms with E-state index >= 15 is 0 Å². The third kappa shape index (κ3) is 7.62. The molecule has 5 nitrogen and oxygen atoms in total. The molecule has 3 rings (SSSR count). The van der Waals surface area contributed by atoms with Gasteiger partial charge in [-0.1, -0.05) is 37.1 Å². The summed E-state index contributed by atoms with van der Waals surface area (Å²) in [6.07, 6.45) is 2.10. The van der Waals surface area contributed by atoms with Crippen LogP contribution in [0.15, 0.2) is 77.7 Å². The Balaban J connectivity index is 1.49. The SMILES string of the molecule is CCCCOc1ccc(NC(=O)CSc2cccc(NC(=O)c3cccc(Cl)c3)c2)cc1. The number of halogens is 1. The summed E-state index contributed by atoms with van der Waals surface area (Å²) in [6, 6.07) is 21.5. The Kier molecular flexibility index (Phi) is 9.01. The number of anilines is 2. The first-order valence-electron chi connectivity index (χ1n) is 10.4. The van der Waals surface area contributed by atoms with E-state index in [0.29, 0.717) is 22.9 Å². The average Bonchev–Trinajstić information content (AvgIpc) is 2.79. The van der Waals surface area contributed by atoms with Crippen molar-refractivity contribution in [3.05, 3.63) is 83.4 Å². The molecule has 0 saturated carbocycles. The largest absolute Gasteiger partial charge is 0.494 e. The average molecular weight is 469 g/mol. The highest BCUT2D eigenvalue weighted by Crippen LogP contribution is 2.23. The quantitative estimate of drug-likeness (QED) is 0.263. The number of benzene rings is 3. The summed E-state index contributed by atoms with van der Waals surface area (Å²) in [6.45, 7) is 2.81. The van der Waals surface area contributed by atoms with Crippen LogP contribution in [0.4, 0.5) is 11.4 Å². The Morgan fingerprint density at radius 2 is 1.72 bits per heavy atom. The number of hydrogen-bond acceptors (Lipinski definition) is 4. The molecule has 0 heterocycles. The fourth-order valence-electron chi connectivity index (χ4n) is 2.81. The summed E-state index contributed by atoms with van der Waals surface area (Å²) >= 11 is 7.35. The lowest BCUT2D eigenvalue weighted by molar-refractivity contribution is -0.113. The molecule has 0 bridgehead atoms. The number of amides is 2. The summed E-state index contributed by atoms with van der Waals surface area (Å²) in [5.74, 6) is 0.695. The van der Waals surface area contributed by atoms with Crippen LogP contribution in [0.2, 0.25) is 5.02 Å². The number of ether oxygens (including phenoxy) is 1. The van der Waals surface area contributed by atoms with Crippen molar-refractivity contribution < 1.29 is 14.3 Å². The lowest BCUT2D eigenvalue weighted by atomic mass is 10.2. The summed E-state index contributed by atoms with van der Waals surface area (Å²) in [5.41, 5.74) is 1.86. The molecule has 0 aromatic heterocycles. The predicted octanol–water partition coefficient (Wildman–Crippen LogP) is 6.50. The molecule has 0 spiro atoms. The summed E-state index contributed by atoms with van der Waals surface area (Å²) < 4.78 is 5.63. The van der Waals surface area contributed by atoms with E-state index in [9.17, 15) is 9.59 Å². The second kappa shape index (κ2) is 12.2. The number of unbranched alkanes of at least 4 members (excludes halogenated alkanes) is 1. The second-order valence-corrected chi connectivity index (χ2v) is 8.54. The molecule has 0 aliphatic heterocycles. The number of thioether (sulfide) groups is 1. The van der Waals surface area contributed by atoms with Gasteiger partial charge < -0.3 is 15.4 Å². The van der Waals surface area contributed by atoms with Gasteiger partial charge in [0.2, 0.25) is 5.91 Å². The molecule has 0 aliphatic carbocycles. The second-order valence-electron chi connectivity index (χ2n) is 7.06. The maximum absolute atomic E-state index is 12.4. The van der Waals surface area contributed by atoms with Crippen molar-refractivity contribution >= 4 is 46.6 Å². The van der Waals surface area contributed by atoms with E-state index in [2.05, 4.69) is 17.6 Å². The standard InChI is InChI=1S/C25H25ClN2O3S/c1-2-3-14-31-22-12-10-20(11-13-22)27-24(29)17-32-23-9-5-8-21(16-23)28-25(30)18-6-4-7-19(26)15-18/h4-13,15-16H,2-3,14,17H2,1H3,(H,27,29)(H,28,30). The first-order chi connectivity index (χ1) is 15.5. The van der Waals surface area contributed by atoms with Gasteiger partial charge in [0.15, 0.2) is 0 Å². The Bertz CT molecular complexity index is 1060. The minimum absolute atomic E-state index is 0.108. The lowest BCUT2D eigenvalue weighted by Crippen LogP contribution is -2.14. The Morgan fingerprint density at radius 3 is 2.47 bits per heavy atom. The maximum Gasteiger partial charge on any atom is 0.255 e. The molecule has 2 amide bonds. The van der Waals surface area contributed by atoms with E-state index in [1.807, 2.05) is 42.5 Å². The zero-order valence-electron chi connectivity index (χ0n) is 17.8. The molecule has 0 atom stereocenters. The molecular weight excluding hydrogens is 444 g/mol. The van der Waals surface area contributed by atoms with E-state index in [1.54, 1.807) is 30.3 Å². The first kappa shape index (κ1) is 23.7. The molecule has 7 heteroatoms. The van der Waals surface area contributed by atoms with Crippen LogP contribution in [-0.4, -0.2) is 24.2 Å². The third-order valence-corrected chi connectivity index (χ3v) is 5.68. The zero-order valence-corrected chi connectivity index (χ0v) is 19.3. The van der Waals surface area contributed by atoms with Gasteiger partial charge in [0.25, 0.3) is 5.91 Å². The van der Waals surface area contributed by atoms with Crippen LogP contribution in [0.5, 0.6) is 5.75 Å². The van der Waals surface area contributed by atoms with Crippen LogP contribution in [0.1, 0.15) is 30.1 Å². The van der Waals surface area contributed by atoms with E-state index < -0.39 is 0 Å². The third-order valence-electron chi connectivity index (χ3n) is 4.45. The van der Waals surface area contributed by atoms with Gasteiger partial charge >= 0.3 is 0 Å². The maximum atomic E-state index is 12.4. The number of carbonyl (C=O) groups is 2. The van der Waals surface area contributed by atoms with E-state index in [-0.39, 0.29) is 17.6 Å². The van der Waals surface area contributed by atoms with Crippen molar-refractivity contribution in [1.82, 2.24) is 0 Å². The fraction of sp³-hybridized carbons (Fsp3) is 0.200. The molecule has 166 valence electrons. The predicted molar refractivity (Wildman–Crippen MR) is 132 cm³/mol. The van der Waals surface area contributed by atoms with Gasteiger partial charge in [-0.05, 0) is 67.1 Å². The Labute approximate surface area is 197 Å². The summed E-state index contributed by atoms with van der Waals surface area (Å²) in [7, 11) is 0. The molecule has 0 radical (unpaired) electrons. The Hall–Kier alpha value is -2.96. The van der Waals surface area contributed by atoms with Gasteiger partial charge in [-0.2, -0.15) is 0 Å². The highest BCUT2D eigenvalue weighted by molar-refractivity contribution is 8.00. The number of rotatable bonds is 10. The van der Waals surface area contributed by atoms with Crippen molar-refractivity contribution in [3.63, 3.8) is 0 Å². The first-order valence-corrected chi connectivity index (χ1v) is 11.7. The minimum atomic E-state index is -0.241. The van der Waals surface area contributed by atoms with Crippen LogP contribution < -0.4 is 15.4 Å². The smallest absolute Gasteiger partial charge is 0.255 e. The molecular formula is C25H25ClN2O3S. The van der Waals surface area contributed by atoms with Gasteiger partial charge in [-0.15, -0.1) is 11.8 Å². The topological polar surface area (TPSA) is 67.4 Å². The molecule has 3 aromatic rings. The van der Waals surface area contributed by atoms with Crippen molar-refractivity contribution in [2.24, 2.45) is 0 Å². The minimum Gasteiger partial charge on any atom is -0.494 e. The van der Waals surface area contributed by atoms with Crippen LogP contribution in [0, 0.1) is 0 Å². The normalized spacial score (nSPS) is 10.4. The zero-order chi connectivity index (χ0) is 22.8. The van der Waals surface area contributed by atoms with E-state index in [0.717, 1.165) is 29.2 Å². The summed E-state index contributed by atoms with van der Waals surface area (Å²) in [5, 5.41) is 6.24. The lowest BCUT2D eigenvalue weighted by Gasteiger charge is -2.09. The van der Waals surface area contributed by atoms with Crippen LogP contribution in [-0.2, 0) is 4.79 Å². The highest BCUT2D eigenvalue weighted by Gasteiger charge is 2.08. The van der Waals surface area contributed by atoms with Crippen molar-refractivity contribution in [1.29, 1.82) is 0 Å². The molecule has 32 heavy (non-hydrogen) atoms. The van der Waals surface area contributed by atoms with E-state index in [4.69, 9.17) is 16.3 Å². The van der Waals surface area contributed by atoms with Crippen molar-refractivity contribution in [2.45, 2.75) is 24.7 Å². The van der Waals surface area contributed by atoms with Gasteiger partial charge in [0, 0.05) is 26.9 Å². The van der Waals surface area contributed by atoms with Crippen LogP contribution in [0.3, 0.4) is 0 Å². The number of nitrogens with one attached hydrogen (secondary N) is 2. The van der Waals surface area contributed by atoms with Gasteiger partial charge in [0.05, 0.1) is 12.4 Å². The van der Waals surface area contributed by atoms with Gasteiger partial charge in [-0.3, -0.25) is 9.59 Å². The van der Waals surface area contributed by atoms with Gasteiger partial charge in [0.1, 0.15) is 5.75 Å².